The molecule has 120 valence electrons. The van der Waals surface area contributed by atoms with Crippen LogP contribution < -0.4 is 5.32 Å². The van der Waals surface area contributed by atoms with Crippen molar-refractivity contribution in [2.75, 3.05) is 19.8 Å². The summed E-state index contributed by atoms with van der Waals surface area (Å²) in [6.45, 7) is 1.51. The number of rotatable bonds is 8. The first kappa shape index (κ1) is 16.5. The molecule has 1 amide bonds. The van der Waals surface area contributed by atoms with E-state index >= 15 is 0 Å². The van der Waals surface area contributed by atoms with Gasteiger partial charge in [0.15, 0.2) is 6.04 Å². The maximum Gasteiger partial charge on any atom is 0.330 e. The van der Waals surface area contributed by atoms with Gasteiger partial charge in [-0.15, -0.1) is 0 Å². The standard InChI is InChI=1S/C16H21NO5/c18-14(8-10-21-11-13-7-4-9-22-13)17-15(16(19)20)12-5-2-1-3-6-12/h1-3,5-6,13,15H,4,7-11H2,(H,17,18)(H,19,20)/t13?,15-/m1/s1. The first-order valence-corrected chi connectivity index (χ1v) is 7.43. The zero-order chi connectivity index (χ0) is 15.8. The number of amides is 1. The molecule has 0 aromatic heterocycles. The van der Waals surface area contributed by atoms with Crippen LogP contribution in [0.4, 0.5) is 0 Å². The van der Waals surface area contributed by atoms with Gasteiger partial charge in [-0.2, -0.15) is 0 Å². The fourth-order valence-corrected chi connectivity index (χ4v) is 2.32. The van der Waals surface area contributed by atoms with Gasteiger partial charge < -0.3 is 19.9 Å². The molecule has 0 spiro atoms. The van der Waals surface area contributed by atoms with E-state index in [4.69, 9.17) is 9.47 Å². The lowest BCUT2D eigenvalue weighted by Crippen LogP contribution is -2.34. The summed E-state index contributed by atoms with van der Waals surface area (Å²) in [5.74, 6) is -1.43. The smallest absolute Gasteiger partial charge is 0.330 e. The molecule has 2 N–H and O–H groups in total. The summed E-state index contributed by atoms with van der Waals surface area (Å²) in [5.41, 5.74) is 0.545. The maximum absolute atomic E-state index is 11.8. The fraction of sp³-hybridized carbons (Fsp3) is 0.500. The second-order valence-corrected chi connectivity index (χ2v) is 5.21. The number of nitrogens with one attached hydrogen (secondary N) is 1. The Labute approximate surface area is 129 Å². The molecule has 1 aromatic rings. The lowest BCUT2D eigenvalue weighted by molar-refractivity contribution is -0.142. The largest absolute Gasteiger partial charge is 0.479 e. The van der Waals surface area contributed by atoms with Crippen LogP contribution in [0.1, 0.15) is 30.9 Å². The molecule has 6 heteroatoms. The van der Waals surface area contributed by atoms with Crippen LogP contribution in [0.2, 0.25) is 0 Å². The van der Waals surface area contributed by atoms with E-state index in [1.165, 1.54) is 0 Å². The number of carbonyl (C=O) groups excluding carboxylic acids is 1. The highest BCUT2D eigenvalue weighted by Crippen LogP contribution is 2.13. The fourth-order valence-electron chi connectivity index (χ4n) is 2.32. The van der Waals surface area contributed by atoms with Gasteiger partial charge in [0.25, 0.3) is 0 Å². The van der Waals surface area contributed by atoms with Gasteiger partial charge in [-0.25, -0.2) is 4.79 Å². The predicted octanol–water partition coefficient (Wildman–Crippen LogP) is 1.51. The van der Waals surface area contributed by atoms with Gasteiger partial charge in [0.1, 0.15) is 0 Å². The van der Waals surface area contributed by atoms with Crippen LogP contribution in [0.3, 0.4) is 0 Å². The quantitative estimate of drug-likeness (QED) is 0.711. The molecule has 2 atom stereocenters. The van der Waals surface area contributed by atoms with E-state index in [1.54, 1.807) is 30.3 Å². The van der Waals surface area contributed by atoms with Crippen LogP contribution in [0.25, 0.3) is 0 Å². The number of hydrogen-bond donors (Lipinski definition) is 2. The van der Waals surface area contributed by atoms with Crippen LogP contribution in [-0.2, 0) is 19.1 Å². The Morgan fingerprint density at radius 2 is 2.14 bits per heavy atom. The second kappa shape index (κ2) is 8.51. The van der Waals surface area contributed by atoms with E-state index in [0.29, 0.717) is 12.2 Å². The SMILES string of the molecule is O=C(CCOCC1CCCO1)N[C@@H](C(=O)O)c1ccccc1. The Morgan fingerprint density at radius 1 is 1.36 bits per heavy atom. The Morgan fingerprint density at radius 3 is 2.77 bits per heavy atom. The van der Waals surface area contributed by atoms with Crippen molar-refractivity contribution in [3.63, 3.8) is 0 Å². The summed E-state index contributed by atoms with van der Waals surface area (Å²) >= 11 is 0. The first-order valence-electron chi connectivity index (χ1n) is 7.43. The van der Waals surface area contributed by atoms with Crippen LogP contribution in [0, 0.1) is 0 Å². The number of carboxylic acid groups (broad SMARTS) is 1. The maximum atomic E-state index is 11.8. The molecule has 1 saturated heterocycles. The predicted molar refractivity (Wildman–Crippen MR) is 79.4 cm³/mol. The number of aliphatic carboxylic acids is 1. The van der Waals surface area contributed by atoms with E-state index in [9.17, 15) is 14.7 Å². The molecule has 0 bridgehead atoms. The van der Waals surface area contributed by atoms with Gasteiger partial charge in [-0.05, 0) is 18.4 Å². The minimum atomic E-state index is -1.08. The Kier molecular flexibility index (Phi) is 6.36. The lowest BCUT2D eigenvalue weighted by atomic mass is 10.1. The molecule has 1 fully saturated rings. The average molecular weight is 307 g/mol. The number of carbonyl (C=O) groups is 2. The summed E-state index contributed by atoms with van der Waals surface area (Å²) in [5, 5.41) is 11.7. The van der Waals surface area contributed by atoms with E-state index in [1.807, 2.05) is 0 Å². The van der Waals surface area contributed by atoms with Gasteiger partial charge in [0, 0.05) is 13.0 Å². The number of benzene rings is 1. The third-order valence-electron chi connectivity index (χ3n) is 3.49. The molecule has 0 radical (unpaired) electrons. The normalized spacial score (nSPS) is 18.8. The van der Waals surface area contributed by atoms with Crippen molar-refractivity contribution < 1.29 is 24.2 Å². The third kappa shape index (κ3) is 5.13. The molecule has 1 heterocycles. The molecule has 0 aliphatic carbocycles. The van der Waals surface area contributed by atoms with Crippen molar-refractivity contribution in [3.8, 4) is 0 Å². The minimum Gasteiger partial charge on any atom is -0.479 e. The Balaban J connectivity index is 1.73. The Hall–Kier alpha value is -1.92. The molecule has 6 nitrogen and oxygen atoms in total. The highest BCUT2D eigenvalue weighted by atomic mass is 16.5. The van der Waals surface area contributed by atoms with Crippen molar-refractivity contribution in [3.05, 3.63) is 35.9 Å². The van der Waals surface area contributed by atoms with Gasteiger partial charge in [0.05, 0.1) is 19.3 Å². The lowest BCUT2D eigenvalue weighted by Gasteiger charge is -2.15. The van der Waals surface area contributed by atoms with Crippen molar-refractivity contribution >= 4 is 11.9 Å². The van der Waals surface area contributed by atoms with Crippen LogP contribution in [-0.4, -0.2) is 42.9 Å². The summed E-state index contributed by atoms with van der Waals surface area (Å²) < 4.78 is 10.8. The molecular weight excluding hydrogens is 286 g/mol. The van der Waals surface area contributed by atoms with E-state index in [-0.39, 0.29) is 25.0 Å². The van der Waals surface area contributed by atoms with E-state index < -0.39 is 12.0 Å². The monoisotopic (exact) mass is 307 g/mol. The summed E-state index contributed by atoms with van der Waals surface area (Å²) in [7, 11) is 0. The molecule has 1 unspecified atom stereocenters. The molecule has 0 saturated carbocycles. The summed E-state index contributed by atoms with van der Waals surface area (Å²) in [6, 6.07) is 7.58. The van der Waals surface area contributed by atoms with E-state index in [0.717, 1.165) is 19.4 Å². The van der Waals surface area contributed by atoms with Crippen molar-refractivity contribution in [1.29, 1.82) is 0 Å². The highest BCUT2D eigenvalue weighted by molar-refractivity contribution is 5.84. The number of ether oxygens (including phenoxy) is 2. The van der Waals surface area contributed by atoms with Crippen LogP contribution in [0.15, 0.2) is 30.3 Å². The van der Waals surface area contributed by atoms with E-state index in [2.05, 4.69) is 5.32 Å². The van der Waals surface area contributed by atoms with Crippen LogP contribution in [0.5, 0.6) is 0 Å². The first-order chi connectivity index (χ1) is 10.7. The Bertz CT molecular complexity index is 485. The molecule has 22 heavy (non-hydrogen) atoms. The molecule has 2 rings (SSSR count). The topological polar surface area (TPSA) is 84.9 Å². The average Bonchev–Trinajstić information content (AvgIpc) is 3.03. The second-order valence-electron chi connectivity index (χ2n) is 5.21. The zero-order valence-electron chi connectivity index (χ0n) is 12.4. The van der Waals surface area contributed by atoms with Crippen molar-refractivity contribution in [2.24, 2.45) is 0 Å². The van der Waals surface area contributed by atoms with Gasteiger partial charge in [-0.3, -0.25) is 4.79 Å². The van der Waals surface area contributed by atoms with Crippen molar-refractivity contribution in [1.82, 2.24) is 5.32 Å². The number of carboxylic acids is 1. The van der Waals surface area contributed by atoms with Gasteiger partial charge in [0.2, 0.25) is 5.91 Å². The molecule has 1 aromatic carbocycles. The summed E-state index contributed by atoms with van der Waals surface area (Å²) in [4.78, 5) is 23.1. The van der Waals surface area contributed by atoms with Gasteiger partial charge >= 0.3 is 5.97 Å². The zero-order valence-corrected chi connectivity index (χ0v) is 12.4. The third-order valence-corrected chi connectivity index (χ3v) is 3.49. The van der Waals surface area contributed by atoms with Gasteiger partial charge in [-0.1, -0.05) is 30.3 Å². The number of hydrogen-bond acceptors (Lipinski definition) is 4. The summed E-state index contributed by atoms with van der Waals surface area (Å²) in [6.07, 6.45) is 2.29. The van der Waals surface area contributed by atoms with Crippen molar-refractivity contribution in [2.45, 2.75) is 31.4 Å². The minimum absolute atomic E-state index is 0.124. The molecular formula is C16H21NO5. The molecule has 1 aliphatic heterocycles. The van der Waals surface area contributed by atoms with Crippen LogP contribution >= 0.6 is 0 Å². The molecule has 1 aliphatic rings. The highest BCUT2D eigenvalue weighted by Gasteiger charge is 2.21.